The van der Waals surface area contributed by atoms with Crippen LogP contribution in [0.3, 0.4) is 0 Å². The lowest BCUT2D eigenvalue weighted by molar-refractivity contribution is 0.795. The predicted octanol–water partition coefficient (Wildman–Crippen LogP) is 4.66. The van der Waals surface area contributed by atoms with Crippen molar-refractivity contribution in [1.82, 2.24) is 4.98 Å². The maximum atomic E-state index is 4.37. The fraction of sp³-hybridized carbons (Fsp3) is 0.438. The molecule has 3 heteroatoms. The van der Waals surface area contributed by atoms with Gasteiger partial charge >= 0.3 is 0 Å². The molecule has 2 nitrogen and oxygen atoms in total. The van der Waals surface area contributed by atoms with E-state index in [0.29, 0.717) is 0 Å². The van der Waals surface area contributed by atoms with Gasteiger partial charge in [0.15, 0.2) is 0 Å². The van der Waals surface area contributed by atoms with Crippen LogP contribution in [0.4, 0.5) is 5.69 Å². The number of thiazole rings is 1. The van der Waals surface area contributed by atoms with Crippen molar-refractivity contribution in [2.24, 2.45) is 0 Å². The molecule has 1 heterocycles. The first-order valence-corrected chi connectivity index (χ1v) is 7.90. The highest BCUT2D eigenvalue weighted by atomic mass is 32.1. The highest BCUT2D eigenvalue weighted by molar-refractivity contribution is 7.11. The molecule has 2 rings (SSSR count). The molecule has 0 fully saturated rings. The molecule has 19 heavy (non-hydrogen) atoms. The Hall–Kier alpha value is -1.35. The molecule has 0 saturated carbocycles. The number of nitrogens with zero attached hydrogens (tertiary/aromatic N) is 1. The smallest absolute Gasteiger partial charge is 0.0925 e. The summed E-state index contributed by atoms with van der Waals surface area (Å²) in [5.41, 5.74) is 2.62. The van der Waals surface area contributed by atoms with Gasteiger partial charge in [-0.05, 0) is 37.0 Å². The number of hydrogen-bond acceptors (Lipinski definition) is 3. The van der Waals surface area contributed by atoms with E-state index in [1.165, 1.54) is 40.4 Å². The molecule has 0 atom stereocenters. The van der Waals surface area contributed by atoms with Crippen molar-refractivity contribution in [3.8, 4) is 0 Å². The van der Waals surface area contributed by atoms with Gasteiger partial charge in [0.05, 0.1) is 11.6 Å². The molecular weight excluding hydrogens is 252 g/mol. The molecule has 0 spiro atoms. The summed E-state index contributed by atoms with van der Waals surface area (Å²) in [5, 5.41) is 4.67. The van der Waals surface area contributed by atoms with Crippen molar-refractivity contribution in [3.05, 3.63) is 45.9 Å². The van der Waals surface area contributed by atoms with E-state index < -0.39 is 0 Å². The minimum atomic E-state index is 0.867. The Kier molecular flexibility index (Phi) is 5.40. The van der Waals surface area contributed by atoms with E-state index in [1.807, 2.05) is 6.20 Å². The van der Waals surface area contributed by atoms with Gasteiger partial charge in [0.2, 0.25) is 0 Å². The number of nitrogens with one attached hydrogen (secondary N) is 1. The van der Waals surface area contributed by atoms with Crippen molar-refractivity contribution < 1.29 is 0 Å². The van der Waals surface area contributed by atoms with Crippen LogP contribution in [0.5, 0.6) is 0 Å². The van der Waals surface area contributed by atoms with Crippen LogP contribution < -0.4 is 5.32 Å². The van der Waals surface area contributed by atoms with E-state index in [2.05, 4.69) is 48.4 Å². The Balaban J connectivity index is 1.85. The molecule has 0 aliphatic carbocycles. The van der Waals surface area contributed by atoms with E-state index in [0.717, 1.165) is 13.0 Å². The Morgan fingerprint density at radius 3 is 2.58 bits per heavy atom. The van der Waals surface area contributed by atoms with Gasteiger partial charge < -0.3 is 5.32 Å². The van der Waals surface area contributed by atoms with E-state index in [-0.39, 0.29) is 0 Å². The first kappa shape index (κ1) is 14.1. The summed E-state index contributed by atoms with van der Waals surface area (Å²) in [7, 11) is 0. The van der Waals surface area contributed by atoms with Crippen LogP contribution in [0.2, 0.25) is 0 Å². The molecule has 0 radical (unpaired) electrons. The van der Waals surface area contributed by atoms with Gasteiger partial charge in [-0.15, -0.1) is 11.3 Å². The van der Waals surface area contributed by atoms with Gasteiger partial charge in [-0.25, -0.2) is 4.98 Å². The number of aryl methyl sites for hydroxylation is 2. The minimum absolute atomic E-state index is 0.867. The van der Waals surface area contributed by atoms with Crippen LogP contribution in [0, 0.1) is 0 Å². The lowest BCUT2D eigenvalue weighted by Gasteiger charge is -2.06. The molecule has 1 aromatic heterocycles. The van der Waals surface area contributed by atoms with Crippen molar-refractivity contribution in [1.29, 1.82) is 0 Å². The number of anilines is 1. The van der Waals surface area contributed by atoms with Crippen LogP contribution in [0.25, 0.3) is 0 Å². The molecule has 0 aliphatic rings. The molecule has 2 aromatic rings. The number of aromatic nitrogens is 1. The summed E-state index contributed by atoms with van der Waals surface area (Å²) in [4.78, 5) is 5.67. The molecule has 0 saturated heterocycles. The third kappa shape index (κ3) is 4.35. The summed E-state index contributed by atoms with van der Waals surface area (Å²) in [6.07, 6.45) is 6.72. The summed E-state index contributed by atoms with van der Waals surface area (Å²) in [6.45, 7) is 5.24. The number of benzene rings is 1. The second-order valence-corrected chi connectivity index (χ2v) is 5.93. The van der Waals surface area contributed by atoms with Gasteiger partial charge in [0.25, 0.3) is 0 Å². The first-order chi connectivity index (χ1) is 9.31. The zero-order valence-electron chi connectivity index (χ0n) is 11.8. The highest BCUT2D eigenvalue weighted by Gasteiger charge is 2.00. The average molecular weight is 274 g/mol. The number of rotatable bonds is 7. The third-order valence-electron chi connectivity index (χ3n) is 3.14. The molecule has 0 unspecified atom stereocenters. The van der Waals surface area contributed by atoms with Crippen molar-refractivity contribution >= 4 is 17.0 Å². The van der Waals surface area contributed by atoms with Gasteiger partial charge in [-0.1, -0.05) is 32.4 Å². The first-order valence-electron chi connectivity index (χ1n) is 7.08. The summed E-state index contributed by atoms with van der Waals surface area (Å²) >= 11 is 1.79. The lowest BCUT2D eigenvalue weighted by atomic mass is 10.1. The van der Waals surface area contributed by atoms with E-state index in [1.54, 1.807) is 11.3 Å². The molecule has 0 amide bonds. The third-order valence-corrected chi connectivity index (χ3v) is 4.29. The molecule has 0 aliphatic heterocycles. The summed E-state index contributed by atoms with van der Waals surface area (Å²) in [5.74, 6) is 0. The average Bonchev–Trinajstić information content (AvgIpc) is 2.92. The Bertz CT molecular complexity index is 488. The van der Waals surface area contributed by atoms with Crippen molar-refractivity contribution in [2.75, 3.05) is 5.32 Å². The largest absolute Gasteiger partial charge is 0.380 e. The van der Waals surface area contributed by atoms with E-state index in [4.69, 9.17) is 0 Å². The van der Waals surface area contributed by atoms with E-state index >= 15 is 0 Å². The van der Waals surface area contributed by atoms with Gasteiger partial charge in [0.1, 0.15) is 0 Å². The van der Waals surface area contributed by atoms with Crippen LogP contribution in [0.1, 0.15) is 42.1 Å². The second kappa shape index (κ2) is 7.29. The molecule has 1 aromatic carbocycles. The topological polar surface area (TPSA) is 24.9 Å². The zero-order chi connectivity index (χ0) is 13.5. The molecule has 102 valence electrons. The molecule has 1 N–H and O–H groups in total. The number of unbranched alkanes of at least 4 members (excludes halogenated alkanes) is 1. The van der Waals surface area contributed by atoms with Gasteiger partial charge in [-0.3, -0.25) is 0 Å². The predicted molar refractivity (Wildman–Crippen MR) is 83.9 cm³/mol. The molecular formula is C16H22N2S. The van der Waals surface area contributed by atoms with Crippen LogP contribution in [-0.2, 0) is 19.4 Å². The Morgan fingerprint density at radius 1 is 1.16 bits per heavy atom. The highest BCUT2D eigenvalue weighted by Crippen LogP contribution is 2.16. The van der Waals surface area contributed by atoms with Gasteiger partial charge in [0, 0.05) is 16.8 Å². The SMILES string of the molecule is CCCCc1ccc(NCc2cnc(CC)s2)cc1. The monoisotopic (exact) mass is 274 g/mol. The fourth-order valence-corrected chi connectivity index (χ4v) is 2.75. The van der Waals surface area contributed by atoms with Crippen LogP contribution in [0.15, 0.2) is 30.5 Å². The summed E-state index contributed by atoms with van der Waals surface area (Å²) < 4.78 is 0. The Labute approximate surface area is 119 Å². The maximum Gasteiger partial charge on any atom is 0.0925 e. The van der Waals surface area contributed by atoms with E-state index in [9.17, 15) is 0 Å². The quantitative estimate of drug-likeness (QED) is 0.794. The maximum absolute atomic E-state index is 4.37. The summed E-state index contributed by atoms with van der Waals surface area (Å²) in [6, 6.07) is 8.80. The van der Waals surface area contributed by atoms with Crippen molar-refractivity contribution in [2.45, 2.75) is 46.1 Å². The van der Waals surface area contributed by atoms with Crippen LogP contribution >= 0.6 is 11.3 Å². The molecule has 0 bridgehead atoms. The standard InChI is InChI=1S/C16H22N2S/c1-3-5-6-13-7-9-14(10-8-13)17-11-15-12-18-16(4-2)19-15/h7-10,12,17H,3-6,11H2,1-2H3. The van der Waals surface area contributed by atoms with Gasteiger partial charge in [-0.2, -0.15) is 0 Å². The normalized spacial score (nSPS) is 10.6. The Morgan fingerprint density at radius 2 is 1.95 bits per heavy atom. The fourth-order valence-electron chi connectivity index (χ4n) is 1.95. The number of hydrogen-bond donors (Lipinski definition) is 1. The zero-order valence-corrected chi connectivity index (χ0v) is 12.6. The minimum Gasteiger partial charge on any atom is -0.380 e. The second-order valence-electron chi connectivity index (χ2n) is 4.73. The van der Waals surface area contributed by atoms with Crippen molar-refractivity contribution in [3.63, 3.8) is 0 Å². The van der Waals surface area contributed by atoms with Crippen LogP contribution in [-0.4, -0.2) is 4.98 Å². The lowest BCUT2D eigenvalue weighted by Crippen LogP contribution is -1.97.